The third-order valence-electron chi connectivity index (χ3n) is 3.11. The number of ether oxygens (including phenoxy) is 2. The standard InChI is InChI=1S/C15H17N3O3/c1-9-14(10(2)17-8-16-9)15(19)18-12-6-5-11(20-3)7-13(12)21-4/h5-8H,1-4H3,(H,18,19). The predicted molar refractivity (Wildman–Crippen MR) is 79.0 cm³/mol. The van der Waals surface area contributed by atoms with Gasteiger partial charge in [-0.2, -0.15) is 0 Å². The van der Waals surface area contributed by atoms with Crippen molar-refractivity contribution in [2.24, 2.45) is 0 Å². The van der Waals surface area contributed by atoms with Gasteiger partial charge < -0.3 is 14.8 Å². The molecule has 0 aliphatic heterocycles. The number of methoxy groups -OCH3 is 2. The van der Waals surface area contributed by atoms with E-state index in [2.05, 4.69) is 15.3 Å². The molecular formula is C15H17N3O3. The summed E-state index contributed by atoms with van der Waals surface area (Å²) in [5.41, 5.74) is 2.29. The molecule has 0 aliphatic carbocycles. The first-order valence-corrected chi connectivity index (χ1v) is 6.38. The lowest BCUT2D eigenvalue weighted by atomic mass is 10.1. The lowest BCUT2D eigenvalue weighted by Gasteiger charge is -2.13. The van der Waals surface area contributed by atoms with Gasteiger partial charge in [0.1, 0.15) is 17.8 Å². The maximum absolute atomic E-state index is 12.4. The number of nitrogens with zero attached hydrogens (tertiary/aromatic N) is 2. The average Bonchev–Trinajstić information content (AvgIpc) is 2.47. The van der Waals surface area contributed by atoms with Crippen LogP contribution in [0.5, 0.6) is 11.5 Å². The summed E-state index contributed by atoms with van der Waals surface area (Å²) in [7, 11) is 3.10. The Balaban J connectivity index is 2.32. The van der Waals surface area contributed by atoms with Crippen LogP contribution in [0, 0.1) is 13.8 Å². The van der Waals surface area contributed by atoms with Gasteiger partial charge in [-0.1, -0.05) is 0 Å². The zero-order valence-electron chi connectivity index (χ0n) is 12.4. The molecular weight excluding hydrogens is 270 g/mol. The van der Waals surface area contributed by atoms with E-state index < -0.39 is 0 Å². The van der Waals surface area contributed by atoms with Crippen LogP contribution in [0.1, 0.15) is 21.7 Å². The summed E-state index contributed by atoms with van der Waals surface area (Å²) in [5, 5.41) is 2.81. The van der Waals surface area contributed by atoms with Crippen molar-refractivity contribution in [1.29, 1.82) is 0 Å². The molecule has 0 bridgehead atoms. The number of hydrogen-bond donors (Lipinski definition) is 1. The molecule has 0 saturated heterocycles. The van der Waals surface area contributed by atoms with E-state index in [-0.39, 0.29) is 5.91 Å². The van der Waals surface area contributed by atoms with E-state index >= 15 is 0 Å². The number of benzene rings is 1. The smallest absolute Gasteiger partial charge is 0.259 e. The van der Waals surface area contributed by atoms with Crippen molar-refractivity contribution in [3.05, 3.63) is 41.5 Å². The fourth-order valence-corrected chi connectivity index (χ4v) is 2.01. The fourth-order valence-electron chi connectivity index (χ4n) is 2.01. The zero-order chi connectivity index (χ0) is 15.4. The minimum atomic E-state index is -0.269. The Bertz CT molecular complexity index is 651. The SMILES string of the molecule is COc1ccc(NC(=O)c2c(C)ncnc2C)c(OC)c1. The number of aromatic nitrogens is 2. The van der Waals surface area contributed by atoms with Gasteiger partial charge in [-0.05, 0) is 26.0 Å². The van der Waals surface area contributed by atoms with E-state index in [0.29, 0.717) is 34.1 Å². The van der Waals surface area contributed by atoms with Crippen molar-refractivity contribution in [2.75, 3.05) is 19.5 Å². The Morgan fingerprint density at radius 3 is 2.33 bits per heavy atom. The maximum atomic E-state index is 12.4. The van der Waals surface area contributed by atoms with Crippen LogP contribution < -0.4 is 14.8 Å². The number of carbonyl (C=O) groups is 1. The second-order valence-corrected chi connectivity index (χ2v) is 4.44. The molecule has 6 heteroatoms. The van der Waals surface area contributed by atoms with Crippen LogP contribution in [0.25, 0.3) is 0 Å². The van der Waals surface area contributed by atoms with Gasteiger partial charge in [0.25, 0.3) is 5.91 Å². The number of anilines is 1. The molecule has 1 heterocycles. The number of amides is 1. The van der Waals surface area contributed by atoms with Crippen LogP contribution in [0.4, 0.5) is 5.69 Å². The van der Waals surface area contributed by atoms with Gasteiger partial charge in [-0.15, -0.1) is 0 Å². The Kier molecular flexibility index (Phi) is 4.37. The second-order valence-electron chi connectivity index (χ2n) is 4.44. The molecule has 2 aromatic rings. The molecule has 0 unspecified atom stereocenters. The van der Waals surface area contributed by atoms with Gasteiger partial charge in [0.2, 0.25) is 0 Å². The minimum Gasteiger partial charge on any atom is -0.497 e. The monoisotopic (exact) mass is 287 g/mol. The molecule has 0 aliphatic rings. The van der Waals surface area contributed by atoms with Crippen molar-refractivity contribution in [1.82, 2.24) is 9.97 Å². The number of rotatable bonds is 4. The summed E-state index contributed by atoms with van der Waals surface area (Å²) in [6.45, 7) is 3.55. The fraction of sp³-hybridized carbons (Fsp3) is 0.267. The van der Waals surface area contributed by atoms with Crippen LogP contribution in [-0.4, -0.2) is 30.1 Å². The van der Waals surface area contributed by atoms with Gasteiger partial charge in [-0.3, -0.25) is 4.79 Å². The highest BCUT2D eigenvalue weighted by Crippen LogP contribution is 2.29. The molecule has 2 rings (SSSR count). The normalized spacial score (nSPS) is 10.1. The molecule has 0 saturated carbocycles. The highest BCUT2D eigenvalue weighted by Gasteiger charge is 2.16. The van der Waals surface area contributed by atoms with Crippen LogP contribution in [-0.2, 0) is 0 Å². The first-order chi connectivity index (χ1) is 10.1. The van der Waals surface area contributed by atoms with Crippen LogP contribution in [0.15, 0.2) is 24.5 Å². The van der Waals surface area contributed by atoms with Gasteiger partial charge in [-0.25, -0.2) is 9.97 Å². The largest absolute Gasteiger partial charge is 0.497 e. The Morgan fingerprint density at radius 1 is 1.10 bits per heavy atom. The summed E-state index contributed by atoms with van der Waals surface area (Å²) in [6.07, 6.45) is 1.44. The number of carbonyl (C=O) groups excluding carboxylic acids is 1. The van der Waals surface area contributed by atoms with Gasteiger partial charge in [0.05, 0.1) is 36.9 Å². The van der Waals surface area contributed by atoms with Gasteiger partial charge >= 0.3 is 0 Å². The number of aryl methyl sites for hydroxylation is 2. The molecule has 0 spiro atoms. The molecule has 0 atom stereocenters. The first-order valence-electron chi connectivity index (χ1n) is 6.38. The molecule has 21 heavy (non-hydrogen) atoms. The molecule has 1 aromatic carbocycles. The second kappa shape index (κ2) is 6.21. The van der Waals surface area contributed by atoms with Crippen molar-refractivity contribution in [2.45, 2.75) is 13.8 Å². The molecule has 6 nitrogen and oxygen atoms in total. The molecule has 110 valence electrons. The first kappa shape index (κ1) is 14.8. The molecule has 0 radical (unpaired) electrons. The summed E-state index contributed by atoms with van der Waals surface area (Å²) >= 11 is 0. The number of hydrogen-bond acceptors (Lipinski definition) is 5. The Morgan fingerprint density at radius 2 is 1.76 bits per heavy atom. The quantitative estimate of drug-likeness (QED) is 0.934. The minimum absolute atomic E-state index is 0.269. The Labute approximate surface area is 123 Å². The topological polar surface area (TPSA) is 73.3 Å². The van der Waals surface area contributed by atoms with E-state index in [1.807, 2.05) is 0 Å². The van der Waals surface area contributed by atoms with E-state index in [9.17, 15) is 4.79 Å². The molecule has 1 N–H and O–H groups in total. The van der Waals surface area contributed by atoms with Crippen molar-refractivity contribution in [3.8, 4) is 11.5 Å². The summed E-state index contributed by atoms with van der Waals surface area (Å²) < 4.78 is 10.4. The molecule has 1 amide bonds. The van der Waals surface area contributed by atoms with E-state index in [1.165, 1.54) is 13.4 Å². The van der Waals surface area contributed by atoms with Crippen molar-refractivity contribution in [3.63, 3.8) is 0 Å². The van der Waals surface area contributed by atoms with E-state index in [1.54, 1.807) is 39.2 Å². The van der Waals surface area contributed by atoms with Crippen LogP contribution in [0.3, 0.4) is 0 Å². The van der Waals surface area contributed by atoms with Crippen LogP contribution >= 0.6 is 0 Å². The maximum Gasteiger partial charge on any atom is 0.259 e. The van der Waals surface area contributed by atoms with Gasteiger partial charge in [0.15, 0.2) is 0 Å². The lowest BCUT2D eigenvalue weighted by Crippen LogP contribution is -2.17. The number of nitrogens with one attached hydrogen (secondary N) is 1. The summed E-state index contributed by atoms with van der Waals surface area (Å²) in [6, 6.07) is 5.18. The highest BCUT2D eigenvalue weighted by atomic mass is 16.5. The summed E-state index contributed by atoms with van der Waals surface area (Å²) in [4.78, 5) is 20.5. The predicted octanol–water partition coefficient (Wildman–Crippen LogP) is 2.36. The zero-order valence-corrected chi connectivity index (χ0v) is 12.4. The van der Waals surface area contributed by atoms with E-state index in [4.69, 9.17) is 9.47 Å². The third-order valence-corrected chi connectivity index (χ3v) is 3.11. The average molecular weight is 287 g/mol. The molecule has 1 aromatic heterocycles. The van der Waals surface area contributed by atoms with Crippen molar-refractivity contribution >= 4 is 11.6 Å². The van der Waals surface area contributed by atoms with Crippen molar-refractivity contribution < 1.29 is 14.3 Å². The summed E-state index contributed by atoms with van der Waals surface area (Å²) in [5.74, 6) is 0.907. The lowest BCUT2D eigenvalue weighted by molar-refractivity contribution is 0.102. The van der Waals surface area contributed by atoms with Crippen LogP contribution in [0.2, 0.25) is 0 Å². The highest BCUT2D eigenvalue weighted by molar-refractivity contribution is 6.06. The third kappa shape index (κ3) is 3.10. The molecule has 0 fully saturated rings. The van der Waals surface area contributed by atoms with E-state index in [0.717, 1.165) is 0 Å². The van der Waals surface area contributed by atoms with Gasteiger partial charge in [0, 0.05) is 6.07 Å². The Hall–Kier alpha value is -2.63.